The van der Waals surface area contributed by atoms with Crippen LogP contribution in [0.2, 0.25) is 0 Å². The second kappa shape index (κ2) is 8.69. The highest BCUT2D eigenvalue weighted by atomic mass is 32.1. The lowest BCUT2D eigenvalue weighted by atomic mass is 10.0. The number of hydrogen-bond acceptors (Lipinski definition) is 6. The maximum Gasteiger partial charge on any atom is 0.260 e. The molecule has 4 heterocycles. The lowest BCUT2D eigenvalue weighted by Crippen LogP contribution is -2.30. The molecule has 0 spiro atoms. The van der Waals surface area contributed by atoms with Crippen LogP contribution in [0.5, 0.6) is 5.75 Å². The summed E-state index contributed by atoms with van der Waals surface area (Å²) in [7, 11) is 1.69. The second-order valence-corrected chi connectivity index (χ2v) is 8.79. The molecule has 7 heteroatoms. The highest BCUT2D eigenvalue weighted by molar-refractivity contribution is 7.17. The van der Waals surface area contributed by atoms with E-state index in [-0.39, 0.29) is 5.56 Å². The number of aromatic amines is 1. The number of benzene rings is 1. The van der Waals surface area contributed by atoms with Crippen molar-refractivity contribution in [2.45, 2.75) is 38.3 Å². The molecule has 0 saturated carbocycles. The Morgan fingerprint density at radius 2 is 2.10 bits per heavy atom. The Morgan fingerprint density at radius 1 is 1.23 bits per heavy atom. The predicted octanol–water partition coefficient (Wildman–Crippen LogP) is 5.37. The molecule has 0 radical (unpaired) electrons. The number of nitrogens with one attached hydrogen (secondary N) is 1. The van der Waals surface area contributed by atoms with Crippen molar-refractivity contribution in [1.82, 2.24) is 14.9 Å². The monoisotopic (exact) mass is 435 g/mol. The highest BCUT2D eigenvalue weighted by Gasteiger charge is 2.24. The second-order valence-electron chi connectivity index (χ2n) is 7.93. The van der Waals surface area contributed by atoms with Gasteiger partial charge in [0, 0.05) is 17.0 Å². The average molecular weight is 436 g/mol. The van der Waals surface area contributed by atoms with Crippen molar-refractivity contribution >= 4 is 21.6 Å². The summed E-state index contributed by atoms with van der Waals surface area (Å²) < 4.78 is 10.8. The minimum absolute atomic E-state index is 0.108. The zero-order chi connectivity index (χ0) is 21.2. The molecule has 5 rings (SSSR count). The van der Waals surface area contributed by atoms with Crippen LogP contribution >= 0.6 is 11.3 Å². The van der Waals surface area contributed by atoms with E-state index in [0.717, 1.165) is 35.5 Å². The van der Waals surface area contributed by atoms with Gasteiger partial charge < -0.3 is 14.1 Å². The molecule has 31 heavy (non-hydrogen) atoms. The Kier molecular flexibility index (Phi) is 5.61. The van der Waals surface area contributed by atoms with E-state index in [4.69, 9.17) is 14.1 Å². The van der Waals surface area contributed by atoms with Crippen LogP contribution < -0.4 is 10.3 Å². The molecule has 3 aromatic heterocycles. The van der Waals surface area contributed by atoms with Gasteiger partial charge in [0.1, 0.15) is 22.2 Å². The first-order valence-corrected chi connectivity index (χ1v) is 11.5. The predicted molar refractivity (Wildman–Crippen MR) is 123 cm³/mol. The standard InChI is InChI=1S/C24H25N3O3S/c1-29-17-10-8-16(9-11-17)19-6-3-2-4-12-27(19)14-21-25-23(28)22-18(15-31-24(22)26-21)20-7-5-13-30-20/h5,7-11,13,15,19H,2-4,6,12,14H2,1H3,(H,25,26,28). The molecule has 1 aromatic carbocycles. The Bertz CT molecular complexity index is 1210. The maximum absolute atomic E-state index is 12.9. The topological polar surface area (TPSA) is 71.4 Å². The number of hydrogen-bond donors (Lipinski definition) is 1. The summed E-state index contributed by atoms with van der Waals surface area (Å²) in [6.45, 7) is 1.61. The molecular formula is C24H25N3O3S. The number of ether oxygens (including phenoxy) is 1. The zero-order valence-corrected chi connectivity index (χ0v) is 18.3. The summed E-state index contributed by atoms with van der Waals surface area (Å²) in [5.41, 5.74) is 1.97. The maximum atomic E-state index is 12.9. The summed E-state index contributed by atoms with van der Waals surface area (Å²) in [6.07, 6.45) is 6.30. The summed E-state index contributed by atoms with van der Waals surface area (Å²) in [5.74, 6) is 2.27. The molecule has 1 unspecified atom stereocenters. The van der Waals surface area contributed by atoms with E-state index in [0.29, 0.717) is 29.6 Å². The quantitative estimate of drug-likeness (QED) is 0.456. The van der Waals surface area contributed by atoms with E-state index in [9.17, 15) is 4.79 Å². The lowest BCUT2D eigenvalue weighted by molar-refractivity contribution is 0.187. The first-order valence-electron chi connectivity index (χ1n) is 10.6. The summed E-state index contributed by atoms with van der Waals surface area (Å²) >= 11 is 1.48. The van der Waals surface area contributed by atoms with E-state index in [2.05, 4.69) is 22.0 Å². The Morgan fingerprint density at radius 3 is 2.87 bits per heavy atom. The van der Waals surface area contributed by atoms with Gasteiger partial charge in [0.05, 0.1) is 25.3 Å². The van der Waals surface area contributed by atoms with E-state index in [1.807, 2.05) is 29.6 Å². The van der Waals surface area contributed by atoms with Gasteiger partial charge in [-0.25, -0.2) is 4.98 Å². The SMILES string of the molecule is COc1ccc(C2CCCCCN2Cc2nc3scc(-c4ccco4)c3c(=O)[nH]2)cc1. The highest BCUT2D eigenvalue weighted by Crippen LogP contribution is 2.33. The first kappa shape index (κ1) is 20.0. The molecule has 0 bridgehead atoms. The Labute approximate surface area is 184 Å². The molecule has 160 valence electrons. The van der Waals surface area contributed by atoms with Crippen molar-refractivity contribution in [3.8, 4) is 17.1 Å². The fourth-order valence-electron chi connectivity index (χ4n) is 4.43. The Hall–Kier alpha value is -2.90. The van der Waals surface area contributed by atoms with Gasteiger partial charge in [-0.05, 0) is 49.2 Å². The van der Waals surface area contributed by atoms with Crippen LogP contribution in [0.4, 0.5) is 0 Å². The minimum atomic E-state index is -0.108. The lowest BCUT2D eigenvalue weighted by Gasteiger charge is -2.30. The number of thiophene rings is 1. The van der Waals surface area contributed by atoms with Crippen LogP contribution in [0.25, 0.3) is 21.5 Å². The third-order valence-electron chi connectivity index (χ3n) is 6.00. The smallest absolute Gasteiger partial charge is 0.260 e. The van der Waals surface area contributed by atoms with Gasteiger partial charge in [0.15, 0.2) is 0 Å². The number of rotatable bonds is 5. The molecule has 1 aliphatic rings. The molecule has 1 aliphatic heterocycles. The van der Waals surface area contributed by atoms with Gasteiger partial charge in [0.25, 0.3) is 5.56 Å². The Balaban J connectivity index is 1.45. The normalized spacial score (nSPS) is 17.6. The van der Waals surface area contributed by atoms with Crippen molar-refractivity contribution in [3.05, 3.63) is 69.8 Å². The van der Waals surface area contributed by atoms with Crippen LogP contribution in [0, 0.1) is 0 Å². The number of fused-ring (bicyclic) bond motifs is 1. The number of methoxy groups -OCH3 is 1. The van der Waals surface area contributed by atoms with Crippen LogP contribution in [-0.2, 0) is 6.54 Å². The first-order chi connectivity index (χ1) is 15.2. The molecule has 6 nitrogen and oxygen atoms in total. The third kappa shape index (κ3) is 4.03. The molecular weight excluding hydrogens is 410 g/mol. The molecule has 0 aliphatic carbocycles. The molecule has 0 amide bonds. The summed E-state index contributed by atoms with van der Waals surface area (Å²) in [4.78, 5) is 24.0. The van der Waals surface area contributed by atoms with Crippen molar-refractivity contribution in [2.24, 2.45) is 0 Å². The van der Waals surface area contributed by atoms with E-state index in [1.165, 1.54) is 29.7 Å². The molecule has 1 atom stereocenters. The fraction of sp³-hybridized carbons (Fsp3) is 0.333. The fourth-order valence-corrected chi connectivity index (χ4v) is 5.38. The molecule has 1 saturated heterocycles. The number of nitrogens with zero attached hydrogens (tertiary/aromatic N) is 2. The van der Waals surface area contributed by atoms with Crippen molar-refractivity contribution in [2.75, 3.05) is 13.7 Å². The van der Waals surface area contributed by atoms with Gasteiger partial charge in [-0.2, -0.15) is 0 Å². The molecule has 1 fully saturated rings. The molecule has 4 aromatic rings. The van der Waals surface area contributed by atoms with E-state index in [1.54, 1.807) is 13.4 Å². The average Bonchev–Trinajstić information content (AvgIpc) is 3.40. The summed E-state index contributed by atoms with van der Waals surface area (Å²) in [5, 5.41) is 2.55. The van der Waals surface area contributed by atoms with Crippen molar-refractivity contribution < 1.29 is 9.15 Å². The van der Waals surface area contributed by atoms with Gasteiger partial charge in [-0.15, -0.1) is 11.3 Å². The molecule has 1 N–H and O–H groups in total. The minimum Gasteiger partial charge on any atom is -0.497 e. The third-order valence-corrected chi connectivity index (χ3v) is 6.87. The van der Waals surface area contributed by atoms with Crippen molar-refractivity contribution in [1.29, 1.82) is 0 Å². The van der Waals surface area contributed by atoms with Crippen molar-refractivity contribution in [3.63, 3.8) is 0 Å². The summed E-state index contributed by atoms with van der Waals surface area (Å²) in [6, 6.07) is 12.3. The van der Waals surface area contributed by atoms with Crippen LogP contribution in [-0.4, -0.2) is 28.5 Å². The number of H-pyrrole nitrogens is 1. The van der Waals surface area contributed by atoms with Crippen LogP contribution in [0.1, 0.15) is 43.1 Å². The van der Waals surface area contributed by atoms with Gasteiger partial charge in [-0.3, -0.25) is 9.69 Å². The number of furan rings is 1. The number of likely N-dealkylation sites (tertiary alicyclic amines) is 1. The van der Waals surface area contributed by atoms with E-state index < -0.39 is 0 Å². The van der Waals surface area contributed by atoms with Gasteiger partial charge in [0.2, 0.25) is 0 Å². The van der Waals surface area contributed by atoms with Crippen LogP contribution in [0.3, 0.4) is 0 Å². The van der Waals surface area contributed by atoms with Gasteiger partial charge in [-0.1, -0.05) is 25.0 Å². The van der Waals surface area contributed by atoms with E-state index >= 15 is 0 Å². The van der Waals surface area contributed by atoms with Crippen LogP contribution in [0.15, 0.2) is 57.3 Å². The number of aromatic nitrogens is 2. The zero-order valence-electron chi connectivity index (χ0n) is 17.5. The van der Waals surface area contributed by atoms with Gasteiger partial charge >= 0.3 is 0 Å². The largest absolute Gasteiger partial charge is 0.497 e.